The number of thiazole rings is 1. The molecule has 0 aliphatic heterocycles. The fraction of sp³-hybridized carbons (Fsp3) is 0.300. The SMILES string of the molecule is CCN(CC)CCN(C(=O)c1cc(Cl)ccc1Cl)c1nc2ccc(Br)cc2s1. The first-order valence-corrected chi connectivity index (χ1v) is 11.3. The van der Waals surface area contributed by atoms with Crippen molar-refractivity contribution in [1.29, 1.82) is 0 Å². The summed E-state index contributed by atoms with van der Waals surface area (Å²) in [7, 11) is 0. The molecule has 0 atom stereocenters. The van der Waals surface area contributed by atoms with Crippen LogP contribution in [-0.2, 0) is 0 Å². The summed E-state index contributed by atoms with van der Waals surface area (Å²) < 4.78 is 2.00. The second kappa shape index (κ2) is 9.55. The summed E-state index contributed by atoms with van der Waals surface area (Å²) in [5.74, 6) is -0.197. The minimum absolute atomic E-state index is 0.197. The molecule has 0 saturated carbocycles. The maximum absolute atomic E-state index is 13.4. The molecule has 4 nitrogen and oxygen atoms in total. The molecule has 148 valence electrons. The lowest BCUT2D eigenvalue weighted by molar-refractivity contribution is 0.0984. The van der Waals surface area contributed by atoms with Crippen molar-refractivity contribution in [2.24, 2.45) is 0 Å². The Morgan fingerprint density at radius 1 is 1.11 bits per heavy atom. The van der Waals surface area contributed by atoms with Crippen molar-refractivity contribution in [2.75, 3.05) is 31.1 Å². The first kappa shape index (κ1) is 21.5. The Morgan fingerprint density at radius 2 is 1.86 bits per heavy atom. The number of halogens is 3. The van der Waals surface area contributed by atoms with Gasteiger partial charge in [-0.3, -0.25) is 9.69 Å². The van der Waals surface area contributed by atoms with E-state index >= 15 is 0 Å². The predicted octanol–water partition coefficient (Wildman–Crippen LogP) is 6.35. The average Bonchev–Trinajstić information content (AvgIpc) is 3.09. The van der Waals surface area contributed by atoms with E-state index in [0.717, 1.165) is 34.3 Å². The van der Waals surface area contributed by atoms with Crippen molar-refractivity contribution in [3.63, 3.8) is 0 Å². The van der Waals surface area contributed by atoms with Crippen LogP contribution in [0.1, 0.15) is 24.2 Å². The molecule has 2 aromatic carbocycles. The molecular weight excluding hydrogens is 481 g/mol. The van der Waals surface area contributed by atoms with Gasteiger partial charge in [0.05, 0.1) is 20.8 Å². The highest BCUT2D eigenvalue weighted by atomic mass is 79.9. The summed E-state index contributed by atoms with van der Waals surface area (Å²) in [5, 5.41) is 1.51. The van der Waals surface area contributed by atoms with Gasteiger partial charge in [-0.1, -0.05) is 64.3 Å². The van der Waals surface area contributed by atoms with E-state index in [9.17, 15) is 4.79 Å². The molecular formula is C20H20BrCl2N3OS. The largest absolute Gasteiger partial charge is 0.302 e. The van der Waals surface area contributed by atoms with Crippen molar-refractivity contribution in [3.05, 3.63) is 56.5 Å². The van der Waals surface area contributed by atoms with Crippen LogP contribution >= 0.6 is 50.5 Å². The zero-order valence-electron chi connectivity index (χ0n) is 15.6. The highest BCUT2D eigenvalue weighted by molar-refractivity contribution is 9.10. The fourth-order valence-electron chi connectivity index (χ4n) is 2.87. The van der Waals surface area contributed by atoms with Gasteiger partial charge in [-0.25, -0.2) is 4.98 Å². The number of rotatable bonds is 7. The molecule has 0 N–H and O–H groups in total. The summed E-state index contributed by atoms with van der Waals surface area (Å²) in [6.45, 7) is 7.32. The minimum Gasteiger partial charge on any atom is -0.302 e. The zero-order chi connectivity index (χ0) is 20.3. The normalized spacial score (nSPS) is 11.4. The Morgan fingerprint density at radius 3 is 2.57 bits per heavy atom. The number of hydrogen-bond acceptors (Lipinski definition) is 4. The number of amides is 1. The van der Waals surface area contributed by atoms with E-state index in [0.29, 0.717) is 27.3 Å². The Hall–Kier alpha value is -1.18. The van der Waals surface area contributed by atoms with Gasteiger partial charge in [0.15, 0.2) is 5.13 Å². The maximum atomic E-state index is 13.4. The van der Waals surface area contributed by atoms with Gasteiger partial charge >= 0.3 is 0 Å². The van der Waals surface area contributed by atoms with Gasteiger partial charge in [-0.05, 0) is 49.5 Å². The summed E-state index contributed by atoms with van der Waals surface area (Å²) in [4.78, 5) is 22.0. The third kappa shape index (κ3) is 4.86. The van der Waals surface area contributed by atoms with Crippen LogP contribution < -0.4 is 4.90 Å². The quantitative estimate of drug-likeness (QED) is 0.379. The predicted molar refractivity (Wildman–Crippen MR) is 123 cm³/mol. The Balaban J connectivity index is 2.00. The average molecular weight is 501 g/mol. The van der Waals surface area contributed by atoms with Crippen LogP contribution in [0.3, 0.4) is 0 Å². The van der Waals surface area contributed by atoms with Crippen LogP contribution in [0, 0.1) is 0 Å². The Labute approximate surface area is 187 Å². The smallest absolute Gasteiger partial charge is 0.261 e. The summed E-state index contributed by atoms with van der Waals surface area (Å²) in [6, 6.07) is 10.8. The number of hydrogen-bond donors (Lipinski definition) is 0. The molecule has 3 rings (SSSR count). The molecule has 1 aromatic heterocycles. The van der Waals surface area contributed by atoms with Gasteiger partial charge in [0.1, 0.15) is 0 Å². The number of carbonyl (C=O) groups excluding carboxylic acids is 1. The van der Waals surface area contributed by atoms with Gasteiger partial charge in [-0.15, -0.1) is 0 Å². The molecule has 28 heavy (non-hydrogen) atoms. The maximum Gasteiger partial charge on any atom is 0.261 e. The monoisotopic (exact) mass is 499 g/mol. The van der Waals surface area contributed by atoms with E-state index in [2.05, 4.69) is 34.7 Å². The Kier molecular flexibility index (Phi) is 7.34. The lowest BCUT2D eigenvalue weighted by Gasteiger charge is -2.25. The second-order valence-electron chi connectivity index (χ2n) is 6.22. The molecule has 0 aliphatic rings. The van der Waals surface area contributed by atoms with Gasteiger partial charge in [0.2, 0.25) is 0 Å². The molecule has 1 amide bonds. The second-order valence-corrected chi connectivity index (χ2v) is 8.98. The minimum atomic E-state index is -0.197. The van der Waals surface area contributed by atoms with Gasteiger partial charge < -0.3 is 4.90 Å². The third-order valence-corrected chi connectivity index (χ3v) is 6.61. The van der Waals surface area contributed by atoms with Crippen LogP contribution in [0.2, 0.25) is 10.0 Å². The van der Waals surface area contributed by atoms with Crippen molar-refractivity contribution in [1.82, 2.24) is 9.88 Å². The topological polar surface area (TPSA) is 36.4 Å². The first-order chi connectivity index (χ1) is 13.4. The summed E-state index contributed by atoms with van der Waals surface area (Å²) in [5.41, 5.74) is 1.25. The van der Waals surface area contributed by atoms with Crippen LogP contribution in [0.5, 0.6) is 0 Å². The number of nitrogens with zero attached hydrogens (tertiary/aromatic N) is 3. The molecule has 0 fully saturated rings. The van der Waals surface area contributed by atoms with Gasteiger partial charge in [-0.2, -0.15) is 0 Å². The molecule has 0 spiro atoms. The number of anilines is 1. The third-order valence-electron chi connectivity index (χ3n) is 4.51. The molecule has 1 heterocycles. The summed E-state index contributed by atoms with van der Waals surface area (Å²) in [6.07, 6.45) is 0. The number of aromatic nitrogens is 1. The highest BCUT2D eigenvalue weighted by Gasteiger charge is 2.24. The van der Waals surface area contributed by atoms with Crippen LogP contribution in [-0.4, -0.2) is 42.0 Å². The van der Waals surface area contributed by atoms with E-state index in [-0.39, 0.29) is 5.91 Å². The van der Waals surface area contributed by atoms with Crippen molar-refractivity contribution in [2.45, 2.75) is 13.8 Å². The lowest BCUT2D eigenvalue weighted by Crippen LogP contribution is -2.39. The zero-order valence-corrected chi connectivity index (χ0v) is 19.5. The number of likely N-dealkylation sites (N-methyl/N-ethyl adjacent to an activating group) is 1. The molecule has 8 heteroatoms. The molecule has 0 radical (unpaired) electrons. The number of benzene rings is 2. The van der Waals surface area contributed by atoms with E-state index in [4.69, 9.17) is 28.2 Å². The molecule has 3 aromatic rings. The highest BCUT2D eigenvalue weighted by Crippen LogP contribution is 2.32. The van der Waals surface area contributed by atoms with E-state index < -0.39 is 0 Å². The van der Waals surface area contributed by atoms with Crippen LogP contribution in [0.15, 0.2) is 40.9 Å². The first-order valence-electron chi connectivity index (χ1n) is 8.98. The molecule has 0 saturated heterocycles. The molecule has 0 aliphatic carbocycles. The van der Waals surface area contributed by atoms with Crippen molar-refractivity contribution >= 4 is 71.7 Å². The fourth-order valence-corrected chi connectivity index (χ4v) is 4.79. The van der Waals surface area contributed by atoms with Crippen molar-refractivity contribution in [3.8, 4) is 0 Å². The number of fused-ring (bicyclic) bond motifs is 1. The summed E-state index contributed by atoms with van der Waals surface area (Å²) >= 11 is 17.4. The lowest BCUT2D eigenvalue weighted by atomic mass is 10.2. The van der Waals surface area contributed by atoms with Crippen LogP contribution in [0.25, 0.3) is 10.2 Å². The standard InChI is InChI=1S/C20H20BrCl2N3OS/c1-3-25(4-2)9-10-26(19(27)15-12-14(22)6-7-16(15)23)20-24-17-8-5-13(21)11-18(17)28-20/h5-8,11-12H,3-4,9-10H2,1-2H3. The van der Waals surface area contributed by atoms with Gasteiger partial charge in [0.25, 0.3) is 5.91 Å². The number of carbonyl (C=O) groups is 1. The molecule has 0 bridgehead atoms. The van der Waals surface area contributed by atoms with Crippen molar-refractivity contribution < 1.29 is 4.79 Å². The van der Waals surface area contributed by atoms with E-state index in [1.54, 1.807) is 23.1 Å². The van der Waals surface area contributed by atoms with Gasteiger partial charge in [0, 0.05) is 22.6 Å². The van der Waals surface area contributed by atoms with Crippen LogP contribution in [0.4, 0.5) is 5.13 Å². The molecule has 0 unspecified atom stereocenters. The van der Waals surface area contributed by atoms with E-state index in [1.165, 1.54) is 11.3 Å². The Bertz CT molecular complexity index is 991. The van der Waals surface area contributed by atoms with E-state index in [1.807, 2.05) is 18.2 Å².